The lowest BCUT2D eigenvalue weighted by Crippen LogP contribution is -2.53. The highest BCUT2D eigenvalue weighted by atomic mass is 16.6. The van der Waals surface area contributed by atoms with Gasteiger partial charge in [-0.3, -0.25) is 4.79 Å². The van der Waals surface area contributed by atoms with Gasteiger partial charge in [0.2, 0.25) is 5.91 Å². The molecule has 0 atom stereocenters. The average molecular weight is 313 g/mol. The standard InChI is InChI=1S/C16H31N3O3/c1-6-19(7-2)14(20)8-9-17-12-10-13(11-12)18-15(21)22-16(3,4)5/h12-13,17H,6-11H2,1-5H3,(H,18,21). The zero-order valence-electron chi connectivity index (χ0n) is 14.6. The maximum Gasteiger partial charge on any atom is 0.407 e. The van der Waals surface area contributed by atoms with E-state index in [2.05, 4.69) is 10.6 Å². The second-order valence-electron chi connectivity index (χ2n) is 6.78. The molecule has 0 aromatic rings. The highest BCUT2D eigenvalue weighted by Gasteiger charge is 2.31. The molecule has 1 aliphatic carbocycles. The Bertz CT molecular complexity index is 369. The van der Waals surface area contributed by atoms with Crippen molar-refractivity contribution < 1.29 is 14.3 Å². The van der Waals surface area contributed by atoms with Crippen molar-refractivity contribution in [3.63, 3.8) is 0 Å². The lowest BCUT2D eigenvalue weighted by molar-refractivity contribution is -0.130. The lowest BCUT2D eigenvalue weighted by Gasteiger charge is -2.36. The van der Waals surface area contributed by atoms with Gasteiger partial charge in [-0.2, -0.15) is 0 Å². The van der Waals surface area contributed by atoms with Gasteiger partial charge >= 0.3 is 6.09 Å². The molecular formula is C16H31N3O3. The monoisotopic (exact) mass is 313 g/mol. The number of carbonyl (C=O) groups excluding carboxylic acids is 2. The quantitative estimate of drug-likeness (QED) is 0.753. The number of carbonyl (C=O) groups is 2. The van der Waals surface area contributed by atoms with Gasteiger partial charge in [-0.05, 0) is 47.5 Å². The van der Waals surface area contributed by atoms with E-state index in [9.17, 15) is 9.59 Å². The Labute approximate surface area is 134 Å². The summed E-state index contributed by atoms with van der Waals surface area (Å²) in [5, 5.41) is 6.23. The number of alkyl carbamates (subject to hydrolysis) is 1. The van der Waals surface area contributed by atoms with Gasteiger partial charge in [0.25, 0.3) is 0 Å². The number of rotatable bonds is 7. The van der Waals surface area contributed by atoms with E-state index in [-0.39, 0.29) is 18.0 Å². The second kappa shape index (κ2) is 8.36. The van der Waals surface area contributed by atoms with Gasteiger partial charge in [-0.25, -0.2) is 4.79 Å². The van der Waals surface area contributed by atoms with Crippen molar-refractivity contribution in [2.45, 2.75) is 71.6 Å². The van der Waals surface area contributed by atoms with Gasteiger partial charge in [0.05, 0.1) is 0 Å². The first-order valence-corrected chi connectivity index (χ1v) is 8.25. The summed E-state index contributed by atoms with van der Waals surface area (Å²) in [6.45, 7) is 11.8. The van der Waals surface area contributed by atoms with Crippen LogP contribution >= 0.6 is 0 Å². The van der Waals surface area contributed by atoms with E-state index < -0.39 is 5.60 Å². The topological polar surface area (TPSA) is 70.7 Å². The summed E-state index contributed by atoms with van der Waals surface area (Å²) in [5.41, 5.74) is -0.462. The van der Waals surface area contributed by atoms with Crippen LogP contribution in [-0.4, -0.2) is 54.2 Å². The van der Waals surface area contributed by atoms with Crippen molar-refractivity contribution in [2.24, 2.45) is 0 Å². The molecule has 0 bridgehead atoms. The molecule has 0 spiro atoms. The van der Waals surface area contributed by atoms with Crippen LogP contribution in [0.4, 0.5) is 4.79 Å². The van der Waals surface area contributed by atoms with Crippen LogP contribution in [-0.2, 0) is 9.53 Å². The second-order valence-corrected chi connectivity index (χ2v) is 6.78. The zero-order valence-corrected chi connectivity index (χ0v) is 14.6. The van der Waals surface area contributed by atoms with Crippen LogP contribution < -0.4 is 10.6 Å². The van der Waals surface area contributed by atoms with Crippen LogP contribution in [0.5, 0.6) is 0 Å². The molecule has 1 saturated carbocycles. The molecule has 2 N–H and O–H groups in total. The SMILES string of the molecule is CCN(CC)C(=O)CCNC1CC(NC(=O)OC(C)(C)C)C1. The van der Waals surface area contributed by atoms with Crippen LogP contribution in [0.3, 0.4) is 0 Å². The highest BCUT2D eigenvalue weighted by molar-refractivity contribution is 5.76. The summed E-state index contributed by atoms with van der Waals surface area (Å²) in [6.07, 6.45) is 1.95. The molecule has 22 heavy (non-hydrogen) atoms. The highest BCUT2D eigenvalue weighted by Crippen LogP contribution is 2.20. The summed E-state index contributed by atoms with van der Waals surface area (Å²) in [5.74, 6) is 0.195. The van der Waals surface area contributed by atoms with E-state index in [1.165, 1.54) is 0 Å². The van der Waals surface area contributed by atoms with Crippen LogP contribution in [0.1, 0.15) is 53.9 Å². The Morgan fingerprint density at radius 2 is 1.73 bits per heavy atom. The zero-order chi connectivity index (χ0) is 16.8. The number of amides is 2. The molecule has 2 amide bonds. The van der Waals surface area contributed by atoms with Crippen molar-refractivity contribution in [2.75, 3.05) is 19.6 Å². The average Bonchev–Trinajstić information content (AvgIpc) is 2.34. The molecule has 0 heterocycles. The van der Waals surface area contributed by atoms with Gasteiger partial charge in [-0.1, -0.05) is 0 Å². The third-order valence-electron chi connectivity index (χ3n) is 3.75. The molecule has 0 saturated heterocycles. The summed E-state index contributed by atoms with van der Waals surface area (Å²) >= 11 is 0. The van der Waals surface area contributed by atoms with E-state index >= 15 is 0 Å². The largest absolute Gasteiger partial charge is 0.444 e. The Morgan fingerprint density at radius 3 is 2.23 bits per heavy atom. The molecule has 6 nitrogen and oxygen atoms in total. The van der Waals surface area contributed by atoms with Gasteiger partial charge in [-0.15, -0.1) is 0 Å². The number of ether oxygens (including phenoxy) is 1. The number of nitrogens with zero attached hydrogens (tertiary/aromatic N) is 1. The van der Waals surface area contributed by atoms with Crippen molar-refractivity contribution in [1.82, 2.24) is 15.5 Å². The fourth-order valence-corrected chi connectivity index (χ4v) is 2.49. The van der Waals surface area contributed by atoms with Gasteiger partial charge < -0.3 is 20.3 Å². The van der Waals surface area contributed by atoms with Crippen LogP contribution in [0.2, 0.25) is 0 Å². The Hall–Kier alpha value is -1.30. The third-order valence-corrected chi connectivity index (χ3v) is 3.75. The van der Waals surface area contributed by atoms with Gasteiger partial charge in [0.1, 0.15) is 5.60 Å². The van der Waals surface area contributed by atoms with Gasteiger partial charge in [0.15, 0.2) is 0 Å². The molecule has 0 aliphatic heterocycles. The molecule has 0 aromatic heterocycles. The van der Waals surface area contributed by atoms with Gasteiger partial charge in [0, 0.05) is 38.1 Å². The molecule has 1 fully saturated rings. The third kappa shape index (κ3) is 6.64. The minimum absolute atomic E-state index is 0.172. The maximum atomic E-state index is 11.8. The first kappa shape index (κ1) is 18.7. The molecule has 6 heteroatoms. The molecule has 0 aromatic carbocycles. The first-order chi connectivity index (χ1) is 10.2. The number of hydrogen-bond donors (Lipinski definition) is 2. The Balaban J connectivity index is 2.11. The minimum Gasteiger partial charge on any atom is -0.444 e. The molecular weight excluding hydrogens is 282 g/mol. The summed E-state index contributed by atoms with van der Waals surface area (Å²) in [7, 11) is 0. The predicted molar refractivity (Wildman–Crippen MR) is 86.7 cm³/mol. The summed E-state index contributed by atoms with van der Waals surface area (Å²) < 4.78 is 5.22. The minimum atomic E-state index is -0.462. The van der Waals surface area contributed by atoms with Crippen molar-refractivity contribution >= 4 is 12.0 Å². The van der Waals surface area contributed by atoms with Crippen LogP contribution in [0, 0.1) is 0 Å². The van der Waals surface area contributed by atoms with Crippen molar-refractivity contribution in [3.05, 3.63) is 0 Å². The van der Waals surface area contributed by atoms with Crippen LogP contribution in [0.25, 0.3) is 0 Å². The van der Waals surface area contributed by atoms with E-state index in [1.54, 1.807) is 0 Å². The number of nitrogens with one attached hydrogen (secondary N) is 2. The lowest BCUT2D eigenvalue weighted by atomic mass is 9.87. The summed E-state index contributed by atoms with van der Waals surface area (Å²) in [4.78, 5) is 25.3. The Kier molecular flexibility index (Phi) is 7.13. The number of hydrogen-bond acceptors (Lipinski definition) is 4. The normalized spacial score (nSPS) is 21.0. The predicted octanol–water partition coefficient (Wildman–Crippen LogP) is 1.89. The Morgan fingerprint density at radius 1 is 1.14 bits per heavy atom. The van der Waals surface area contributed by atoms with Crippen LogP contribution in [0.15, 0.2) is 0 Å². The molecule has 0 unspecified atom stereocenters. The molecule has 128 valence electrons. The van der Waals surface area contributed by atoms with E-state index in [4.69, 9.17) is 4.74 Å². The fraction of sp³-hybridized carbons (Fsp3) is 0.875. The van der Waals surface area contributed by atoms with Crippen molar-refractivity contribution in [1.29, 1.82) is 0 Å². The van der Waals surface area contributed by atoms with E-state index in [1.807, 2.05) is 39.5 Å². The molecule has 0 radical (unpaired) electrons. The maximum absolute atomic E-state index is 11.8. The first-order valence-electron chi connectivity index (χ1n) is 8.25. The molecule has 1 rings (SSSR count). The fourth-order valence-electron chi connectivity index (χ4n) is 2.49. The molecule has 1 aliphatic rings. The van der Waals surface area contributed by atoms with Crippen molar-refractivity contribution in [3.8, 4) is 0 Å². The van der Waals surface area contributed by atoms with E-state index in [0.29, 0.717) is 19.0 Å². The smallest absolute Gasteiger partial charge is 0.407 e. The van der Waals surface area contributed by atoms with E-state index in [0.717, 1.165) is 25.9 Å². The summed E-state index contributed by atoms with van der Waals surface area (Å²) in [6, 6.07) is 0.551.